The summed E-state index contributed by atoms with van der Waals surface area (Å²) in [5, 5.41) is 15.7. The molecular weight excluding hydrogens is 530 g/mol. The molecule has 6 rings (SSSR count). The van der Waals surface area contributed by atoms with Crippen molar-refractivity contribution in [1.29, 1.82) is 0 Å². The lowest BCUT2D eigenvalue weighted by Gasteiger charge is -2.39. The van der Waals surface area contributed by atoms with Gasteiger partial charge in [-0.2, -0.15) is 0 Å². The molecule has 2 N–H and O–H groups in total. The van der Waals surface area contributed by atoms with Gasteiger partial charge in [0, 0.05) is 30.7 Å². The number of aliphatic hydroxyl groups is 1. The second kappa shape index (κ2) is 10.3. The number of fused-ring (bicyclic) bond motifs is 1. The third-order valence-electron chi connectivity index (χ3n) is 9.43. The van der Waals surface area contributed by atoms with Crippen LogP contribution in [0.15, 0.2) is 41.5 Å². The van der Waals surface area contributed by atoms with Gasteiger partial charge in [0.05, 0.1) is 36.3 Å². The molecule has 214 valence electrons. The summed E-state index contributed by atoms with van der Waals surface area (Å²) < 4.78 is 9.15. The Bertz CT molecular complexity index is 1470. The molecule has 3 fully saturated rings. The number of halogens is 1. The molecule has 3 aliphatic rings. The standard InChI is InChI=1S/C30H38ClN5O4/c1-4-22-15-32-24(16-40-22)20-5-7-21(8-6-20)36-25(31)13-23-26(36)33-18-35(27(23)37)17-30(39)9-11-34(12-10-30)28(38)29(3)14-19(29)2/h5-8,13,18-19,22,24,32,39H,4,9-12,14-17H2,1-3H3/t19-,22-,24-,29-/m0/s1. The summed E-state index contributed by atoms with van der Waals surface area (Å²) >= 11 is 6.62. The average molecular weight is 568 g/mol. The summed E-state index contributed by atoms with van der Waals surface area (Å²) in [6, 6.07) is 9.81. The maximum absolute atomic E-state index is 13.5. The maximum Gasteiger partial charge on any atom is 0.262 e. The van der Waals surface area contributed by atoms with Crippen LogP contribution in [0.4, 0.5) is 0 Å². The van der Waals surface area contributed by atoms with Crippen LogP contribution in [0.1, 0.15) is 58.1 Å². The lowest BCUT2D eigenvalue weighted by molar-refractivity contribution is -0.141. The average Bonchev–Trinajstić information content (AvgIpc) is 3.44. The number of nitrogens with one attached hydrogen (secondary N) is 1. The van der Waals surface area contributed by atoms with E-state index in [1.807, 2.05) is 36.1 Å². The van der Waals surface area contributed by atoms with Gasteiger partial charge in [0.2, 0.25) is 5.91 Å². The Morgan fingerprint density at radius 3 is 2.55 bits per heavy atom. The van der Waals surface area contributed by atoms with Gasteiger partial charge >= 0.3 is 0 Å². The van der Waals surface area contributed by atoms with Crippen LogP contribution in [0.3, 0.4) is 0 Å². The second-order valence-electron chi connectivity index (χ2n) is 12.2. The van der Waals surface area contributed by atoms with Crippen LogP contribution in [0.25, 0.3) is 16.7 Å². The molecule has 1 aliphatic carbocycles. The number of rotatable bonds is 6. The second-order valence-corrected chi connectivity index (χ2v) is 12.6. The summed E-state index contributed by atoms with van der Waals surface area (Å²) in [7, 11) is 0. The normalized spacial score (nSPS) is 28.1. The van der Waals surface area contributed by atoms with Crippen molar-refractivity contribution in [3.63, 3.8) is 0 Å². The fourth-order valence-corrected chi connectivity index (χ4v) is 6.52. The minimum absolute atomic E-state index is 0.122. The number of piperidine rings is 1. The van der Waals surface area contributed by atoms with Gasteiger partial charge in [-0.3, -0.25) is 18.7 Å². The van der Waals surface area contributed by atoms with Crippen LogP contribution >= 0.6 is 11.6 Å². The molecule has 1 amide bonds. The van der Waals surface area contributed by atoms with E-state index in [2.05, 4.69) is 24.1 Å². The molecule has 9 nitrogen and oxygen atoms in total. The van der Waals surface area contributed by atoms with Crippen molar-refractivity contribution in [1.82, 2.24) is 24.3 Å². The van der Waals surface area contributed by atoms with Gasteiger partial charge in [-0.1, -0.05) is 44.5 Å². The Labute approximate surface area is 239 Å². The first-order valence-electron chi connectivity index (χ1n) is 14.4. The number of nitrogens with zero attached hydrogens (tertiary/aromatic N) is 4. The molecule has 0 bridgehead atoms. The SMILES string of the molecule is CC[C@H]1CN[C@H](c2ccc(-n3c(Cl)cc4c(=O)n(CC5(O)CCN(C(=O)[C@@]6(C)C[C@@H]6C)CC5)cnc43)cc2)CO1. The van der Waals surface area contributed by atoms with Gasteiger partial charge in [-0.15, -0.1) is 0 Å². The third-order valence-corrected chi connectivity index (χ3v) is 9.71. The number of carbonyl (C=O) groups is 1. The van der Waals surface area contributed by atoms with E-state index in [1.165, 1.54) is 10.9 Å². The molecular formula is C30H38ClN5O4. The lowest BCUT2D eigenvalue weighted by atomic mass is 9.90. The first-order chi connectivity index (χ1) is 19.1. The Morgan fingerprint density at radius 2 is 1.95 bits per heavy atom. The van der Waals surface area contributed by atoms with Crippen molar-refractivity contribution in [3.8, 4) is 5.69 Å². The molecule has 40 heavy (non-hydrogen) atoms. The van der Waals surface area contributed by atoms with E-state index in [-0.39, 0.29) is 35.6 Å². The number of ether oxygens (including phenoxy) is 1. The van der Waals surface area contributed by atoms with Crippen LogP contribution in [-0.2, 0) is 16.1 Å². The zero-order valence-corrected chi connectivity index (χ0v) is 24.2. The van der Waals surface area contributed by atoms with Crippen LogP contribution in [0, 0.1) is 11.3 Å². The number of morpholine rings is 1. The van der Waals surface area contributed by atoms with E-state index in [1.54, 1.807) is 10.6 Å². The van der Waals surface area contributed by atoms with Crippen molar-refractivity contribution in [2.45, 2.75) is 70.7 Å². The molecule has 1 saturated carbocycles. The molecule has 3 aromatic rings. The highest BCUT2D eigenvalue weighted by Crippen LogP contribution is 2.53. The number of benzene rings is 1. The Hall–Kier alpha value is -2.72. The molecule has 4 heterocycles. The summed E-state index contributed by atoms with van der Waals surface area (Å²) in [6.45, 7) is 8.81. The van der Waals surface area contributed by atoms with Gasteiger partial charge < -0.3 is 20.1 Å². The fraction of sp³-hybridized carbons (Fsp3) is 0.567. The van der Waals surface area contributed by atoms with Gasteiger partial charge in [0.15, 0.2) is 5.65 Å². The van der Waals surface area contributed by atoms with Gasteiger partial charge in [0.25, 0.3) is 5.56 Å². The summed E-state index contributed by atoms with van der Waals surface area (Å²) in [6.07, 6.45) is 4.50. The minimum Gasteiger partial charge on any atom is -0.388 e. The molecule has 2 aromatic heterocycles. The van der Waals surface area contributed by atoms with Crippen LogP contribution in [-0.4, -0.2) is 68.0 Å². The number of carbonyl (C=O) groups excluding carboxylic acids is 1. The zero-order chi connectivity index (χ0) is 28.2. The molecule has 2 aliphatic heterocycles. The van der Waals surface area contributed by atoms with Gasteiger partial charge in [-0.05, 0) is 55.4 Å². The molecule has 2 saturated heterocycles. The highest BCUT2D eigenvalue weighted by Gasteiger charge is 2.55. The van der Waals surface area contributed by atoms with E-state index in [4.69, 9.17) is 16.3 Å². The zero-order valence-electron chi connectivity index (χ0n) is 23.4. The molecule has 0 spiro atoms. The topological polar surface area (TPSA) is 102 Å². The van der Waals surface area contributed by atoms with Crippen molar-refractivity contribution in [2.75, 3.05) is 26.2 Å². The lowest BCUT2D eigenvalue weighted by Crippen LogP contribution is -2.51. The predicted octanol–water partition coefficient (Wildman–Crippen LogP) is 3.68. The summed E-state index contributed by atoms with van der Waals surface area (Å²) in [5.41, 5.74) is 0.829. The van der Waals surface area contributed by atoms with Crippen molar-refractivity contribution in [3.05, 3.63) is 57.7 Å². The molecule has 0 unspecified atom stereocenters. The molecule has 4 atom stereocenters. The van der Waals surface area contributed by atoms with Crippen molar-refractivity contribution in [2.24, 2.45) is 11.3 Å². The number of amides is 1. The fourth-order valence-electron chi connectivity index (χ4n) is 6.24. The largest absolute Gasteiger partial charge is 0.388 e. The molecule has 0 radical (unpaired) electrons. The summed E-state index contributed by atoms with van der Waals surface area (Å²) in [4.78, 5) is 32.8. The van der Waals surface area contributed by atoms with E-state index >= 15 is 0 Å². The first kappa shape index (κ1) is 27.4. The predicted molar refractivity (Wildman–Crippen MR) is 154 cm³/mol. The third kappa shape index (κ3) is 4.87. The highest BCUT2D eigenvalue weighted by atomic mass is 35.5. The summed E-state index contributed by atoms with van der Waals surface area (Å²) in [5.74, 6) is 0.589. The smallest absolute Gasteiger partial charge is 0.262 e. The Morgan fingerprint density at radius 1 is 1.25 bits per heavy atom. The monoisotopic (exact) mass is 567 g/mol. The number of hydrogen-bond acceptors (Lipinski definition) is 6. The minimum atomic E-state index is -1.08. The maximum atomic E-state index is 13.5. The number of hydrogen-bond donors (Lipinski definition) is 2. The van der Waals surface area contributed by atoms with E-state index in [0.717, 1.165) is 30.6 Å². The number of aromatic nitrogens is 3. The van der Waals surface area contributed by atoms with Gasteiger partial charge in [0.1, 0.15) is 11.5 Å². The van der Waals surface area contributed by atoms with E-state index in [9.17, 15) is 14.7 Å². The van der Waals surface area contributed by atoms with Crippen molar-refractivity contribution < 1.29 is 14.6 Å². The van der Waals surface area contributed by atoms with E-state index in [0.29, 0.717) is 54.6 Å². The first-order valence-corrected chi connectivity index (χ1v) is 14.7. The Kier molecular flexibility index (Phi) is 7.05. The van der Waals surface area contributed by atoms with Gasteiger partial charge in [-0.25, -0.2) is 4.98 Å². The molecule has 10 heteroatoms. The van der Waals surface area contributed by atoms with Crippen LogP contribution < -0.4 is 10.9 Å². The highest BCUT2D eigenvalue weighted by molar-refractivity contribution is 6.31. The van der Waals surface area contributed by atoms with E-state index < -0.39 is 5.60 Å². The quantitative estimate of drug-likeness (QED) is 0.471. The molecule has 1 aromatic carbocycles. The van der Waals surface area contributed by atoms with Crippen LogP contribution in [0.5, 0.6) is 0 Å². The number of likely N-dealkylation sites (tertiary alicyclic amines) is 1. The van der Waals surface area contributed by atoms with Crippen LogP contribution in [0.2, 0.25) is 5.15 Å². The Balaban J connectivity index is 1.17. The van der Waals surface area contributed by atoms with Crippen molar-refractivity contribution >= 4 is 28.5 Å².